The predicted octanol–water partition coefficient (Wildman–Crippen LogP) is 4.72. The van der Waals surface area contributed by atoms with Crippen molar-refractivity contribution in [1.29, 1.82) is 0 Å². The van der Waals surface area contributed by atoms with Crippen LogP contribution in [0.3, 0.4) is 0 Å². The number of carbonyl (C=O) groups excluding carboxylic acids is 1. The van der Waals surface area contributed by atoms with Crippen molar-refractivity contribution >= 4 is 17.4 Å². The van der Waals surface area contributed by atoms with Crippen LogP contribution in [0.2, 0.25) is 0 Å². The molecular formula is C24H25F2N5O. The van der Waals surface area contributed by atoms with E-state index in [4.69, 9.17) is 0 Å². The first-order valence-electron chi connectivity index (χ1n) is 10.9. The second kappa shape index (κ2) is 7.69. The quantitative estimate of drug-likeness (QED) is 0.630. The highest BCUT2D eigenvalue weighted by Gasteiger charge is 2.40. The highest BCUT2D eigenvalue weighted by molar-refractivity contribution is 6.09. The highest BCUT2D eigenvalue weighted by Crippen LogP contribution is 2.40. The normalized spacial score (nSPS) is 17.5. The van der Waals surface area contributed by atoms with Gasteiger partial charge in [-0.1, -0.05) is 24.3 Å². The van der Waals surface area contributed by atoms with Gasteiger partial charge in [0.05, 0.1) is 29.7 Å². The molecule has 1 amide bonds. The van der Waals surface area contributed by atoms with E-state index < -0.39 is 12.5 Å². The fraction of sp³-hybridized carbons (Fsp3) is 0.375. The third-order valence-electron chi connectivity index (χ3n) is 6.21. The van der Waals surface area contributed by atoms with E-state index in [0.29, 0.717) is 23.5 Å². The molecule has 3 aromatic rings. The molecule has 6 nitrogen and oxygen atoms in total. The molecule has 2 aliphatic heterocycles. The zero-order valence-corrected chi connectivity index (χ0v) is 18.1. The maximum absolute atomic E-state index is 14.0. The summed E-state index contributed by atoms with van der Waals surface area (Å²) in [4.78, 5) is 19.4. The number of aryl methyl sites for hydroxylation is 1. The highest BCUT2D eigenvalue weighted by atomic mass is 19.3. The lowest BCUT2D eigenvalue weighted by Crippen LogP contribution is -2.27. The minimum Gasteiger partial charge on any atom is -0.349 e. The van der Waals surface area contributed by atoms with E-state index in [1.54, 1.807) is 17.3 Å². The summed E-state index contributed by atoms with van der Waals surface area (Å²) < 4.78 is 29.9. The second-order valence-electron chi connectivity index (χ2n) is 8.74. The third-order valence-corrected chi connectivity index (χ3v) is 6.21. The molecule has 0 aliphatic carbocycles. The van der Waals surface area contributed by atoms with E-state index in [1.165, 1.54) is 0 Å². The summed E-state index contributed by atoms with van der Waals surface area (Å²) in [7, 11) is 0. The van der Waals surface area contributed by atoms with Crippen LogP contribution in [0.5, 0.6) is 0 Å². The molecule has 5 rings (SSSR count). The largest absolute Gasteiger partial charge is 0.349 e. The van der Waals surface area contributed by atoms with E-state index in [2.05, 4.69) is 21.5 Å². The molecule has 4 heterocycles. The molecule has 8 heteroatoms. The van der Waals surface area contributed by atoms with Gasteiger partial charge in [-0.05, 0) is 43.9 Å². The summed E-state index contributed by atoms with van der Waals surface area (Å²) in [5, 5.41) is 7.46. The Morgan fingerprint density at radius 1 is 1.09 bits per heavy atom. The number of nitrogens with zero attached hydrogens (tertiary/aromatic N) is 4. The van der Waals surface area contributed by atoms with Crippen molar-refractivity contribution in [3.05, 3.63) is 59.5 Å². The Kier molecular flexibility index (Phi) is 4.95. The van der Waals surface area contributed by atoms with E-state index in [1.807, 2.05) is 42.8 Å². The number of halogens is 2. The van der Waals surface area contributed by atoms with Crippen LogP contribution in [0.15, 0.2) is 42.7 Å². The summed E-state index contributed by atoms with van der Waals surface area (Å²) >= 11 is 0. The van der Waals surface area contributed by atoms with Gasteiger partial charge in [-0.15, -0.1) is 0 Å². The first-order chi connectivity index (χ1) is 15.3. The number of benzene rings is 1. The molecule has 166 valence electrons. The Morgan fingerprint density at radius 3 is 2.66 bits per heavy atom. The maximum atomic E-state index is 14.0. The number of pyridine rings is 1. The van der Waals surface area contributed by atoms with Crippen LogP contribution < -0.4 is 10.2 Å². The first-order valence-corrected chi connectivity index (χ1v) is 10.9. The minimum absolute atomic E-state index is 0.112. The smallest absolute Gasteiger partial charge is 0.266 e. The number of fused-ring (bicyclic) bond motifs is 4. The number of rotatable bonds is 2. The van der Waals surface area contributed by atoms with Crippen molar-refractivity contribution in [2.75, 3.05) is 23.3 Å². The molecule has 0 bridgehead atoms. The van der Waals surface area contributed by atoms with Crippen LogP contribution in [0.4, 0.5) is 20.3 Å². The van der Waals surface area contributed by atoms with Crippen LogP contribution in [0.1, 0.15) is 47.9 Å². The van der Waals surface area contributed by atoms with E-state index >= 15 is 0 Å². The fourth-order valence-electron chi connectivity index (χ4n) is 4.66. The Labute approximate surface area is 185 Å². The Bertz CT molecular complexity index is 1190. The van der Waals surface area contributed by atoms with Gasteiger partial charge in [0.15, 0.2) is 5.82 Å². The number of hydrogen-bond acceptors (Lipinski definition) is 4. The number of aromatic nitrogens is 3. The first kappa shape index (κ1) is 20.6. The maximum Gasteiger partial charge on any atom is 0.266 e. The molecular weight excluding hydrogens is 412 g/mol. The monoisotopic (exact) mass is 437 g/mol. The van der Waals surface area contributed by atoms with Crippen molar-refractivity contribution in [1.82, 2.24) is 14.8 Å². The van der Waals surface area contributed by atoms with Gasteiger partial charge in [-0.25, -0.2) is 13.8 Å². The second-order valence-corrected chi connectivity index (χ2v) is 8.74. The molecule has 1 aromatic carbocycles. The number of hydrogen-bond donors (Lipinski definition) is 1. The molecule has 1 fully saturated rings. The zero-order valence-electron chi connectivity index (χ0n) is 18.1. The molecule has 32 heavy (non-hydrogen) atoms. The van der Waals surface area contributed by atoms with Crippen molar-refractivity contribution in [3.8, 4) is 11.1 Å². The standard InChI is InChI=1S/C24H25F2N5O/c1-15(2)31-20-8-7-16-5-3-4-6-17(16)18-9-11-27-22(30-12-10-24(25,26)14-30)21(18)29-23(32)19(20)13-28-31/h3-6,9,11,13,15H,7-8,10,12,14H2,1-2H3,(H,29,32). The summed E-state index contributed by atoms with van der Waals surface area (Å²) in [6.07, 6.45) is 4.39. The van der Waals surface area contributed by atoms with Crippen LogP contribution in [-0.4, -0.2) is 39.7 Å². The molecule has 0 saturated carbocycles. The van der Waals surface area contributed by atoms with Crippen molar-refractivity contribution in [3.63, 3.8) is 0 Å². The van der Waals surface area contributed by atoms with Gasteiger partial charge in [0, 0.05) is 30.8 Å². The molecule has 2 aromatic heterocycles. The number of carbonyl (C=O) groups is 1. The van der Waals surface area contributed by atoms with Gasteiger partial charge < -0.3 is 10.2 Å². The van der Waals surface area contributed by atoms with Crippen molar-refractivity contribution in [2.45, 2.75) is 45.1 Å². The van der Waals surface area contributed by atoms with Crippen molar-refractivity contribution in [2.24, 2.45) is 0 Å². The lowest BCUT2D eigenvalue weighted by Gasteiger charge is -2.24. The number of amides is 1. The fourth-order valence-corrected chi connectivity index (χ4v) is 4.66. The molecule has 0 radical (unpaired) electrons. The topological polar surface area (TPSA) is 63.1 Å². The summed E-state index contributed by atoms with van der Waals surface area (Å²) in [5.41, 5.74) is 4.72. The van der Waals surface area contributed by atoms with Crippen LogP contribution in [-0.2, 0) is 12.8 Å². The molecule has 1 saturated heterocycles. The van der Waals surface area contributed by atoms with Gasteiger partial charge in [0.25, 0.3) is 11.8 Å². The minimum atomic E-state index is -2.77. The van der Waals surface area contributed by atoms with Gasteiger partial charge in [0.2, 0.25) is 0 Å². The number of nitrogens with one attached hydrogen (secondary N) is 1. The molecule has 0 unspecified atom stereocenters. The lowest BCUT2D eigenvalue weighted by molar-refractivity contribution is 0.0257. The number of anilines is 2. The van der Waals surface area contributed by atoms with Crippen LogP contribution in [0, 0.1) is 0 Å². The molecule has 0 spiro atoms. The van der Waals surface area contributed by atoms with E-state index in [0.717, 1.165) is 28.8 Å². The molecule has 0 atom stereocenters. The van der Waals surface area contributed by atoms with E-state index in [-0.39, 0.29) is 24.9 Å². The van der Waals surface area contributed by atoms with Gasteiger partial charge in [-0.2, -0.15) is 5.10 Å². The lowest BCUT2D eigenvalue weighted by atomic mass is 9.93. The Morgan fingerprint density at radius 2 is 1.91 bits per heavy atom. The van der Waals surface area contributed by atoms with Gasteiger partial charge >= 0.3 is 0 Å². The van der Waals surface area contributed by atoms with Gasteiger partial charge in [0.1, 0.15) is 0 Å². The van der Waals surface area contributed by atoms with Crippen molar-refractivity contribution < 1.29 is 13.6 Å². The third kappa shape index (κ3) is 3.53. The van der Waals surface area contributed by atoms with Crippen LogP contribution >= 0.6 is 0 Å². The molecule has 2 aliphatic rings. The zero-order chi connectivity index (χ0) is 22.5. The molecule has 1 N–H and O–H groups in total. The number of alkyl halides is 2. The van der Waals surface area contributed by atoms with E-state index in [9.17, 15) is 13.6 Å². The average Bonchev–Trinajstić information content (AvgIpc) is 3.35. The Balaban J connectivity index is 1.69. The Hall–Kier alpha value is -3.29. The SMILES string of the molecule is CC(C)n1ncc2c1CCc1ccccc1-c1ccnc(N3CCC(F)(F)C3)c1NC2=O. The summed E-state index contributed by atoms with van der Waals surface area (Å²) in [6.45, 7) is 3.83. The summed E-state index contributed by atoms with van der Waals surface area (Å²) in [6, 6.07) is 9.97. The average molecular weight is 437 g/mol. The van der Waals surface area contributed by atoms with Gasteiger partial charge in [-0.3, -0.25) is 9.48 Å². The van der Waals surface area contributed by atoms with Crippen LogP contribution in [0.25, 0.3) is 11.1 Å². The predicted molar refractivity (Wildman–Crippen MR) is 119 cm³/mol. The summed E-state index contributed by atoms with van der Waals surface area (Å²) in [5.74, 6) is -2.69.